The SMILES string of the molecule is CCc1noc(C)c1C(=O)N(CC)CC(C)(C)O. The Morgan fingerprint density at radius 3 is 2.50 bits per heavy atom. The maximum atomic E-state index is 12.4. The first kappa shape index (κ1) is 14.7. The molecule has 1 amide bonds. The van der Waals surface area contributed by atoms with Gasteiger partial charge in [-0.05, 0) is 34.1 Å². The number of carbonyl (C=O) groups is 1. The molecule has 102 valence electrons. The third-order valence-electron chi connectivity index (χ3n) is 2.73. The lowest BCUT2D eigenvalue weighted by atomic mass is 10.1. The van der Waals surface area contributed by atoms with Crippen LogP contribution in [0.2, 0.25) is 0 Å². The lowest BCUT2D eigenvalue weighted by Gasteiger charge is -2.28. The van der Waals surface area contributed by atoms with Crippen LogP contribution in [0.15, 0.2) is 4.52 Å². The van der Waals surface area contributed by atoms with Crippen molar-refractivity contribution in [1.29, 1.82) is 0 Å². The maximum absolute atomic E-state index is 12.4. The molecule has 1 aromatic rings. The number of nitrogens with zero attached hydrogens (tertiary/aromatic N) is 2. The van der Waals surface area contributed by atoms with Crippen molar-refractivity contribution in [2.45, 2.75) is 46.6 Å². The van der Waals surface area contributed by atoms with Crippen molar-refractivity contribution in [2.75, 3.05) is 13.1 Å². The van der Waals surface area contributed by atoms with Gasteiger partial charge in [-0.3, -0.25) is 4.79 Å². The highest BCUT2D eigenvalue weighted by atomic mass is 16.5. The van der Waals surface area contributed by atoms with Crippen molar-refractivity contribution in [3.05, 3.63) is 17.0 Å². The van der Waals surface area contributed by atoms with Crippen LogP contribution < -0.4 is 0 Å². The average Bonchev–Trinajstić information content (AvgIpc) is 2.65. The zero-order valence-electron chi connectivity index (χ0n) is 11.8. The van der Waals surface area contributed by atoms with E-state index in [4.69, 9.17) is 4.52 Å². The molecule has 5 heteroatoms. The minimum atomic E-state index is -0.914. The molecule has 0 aliphatic rings. The highest BCUT2D eigenvalue weighted by Crippen LogP contribution is 2.18. The summed E-state index contributed by atoms with van der Waals surface area (Å²) in [5.41, 5.74) is 0.290. The molecular weight excluding hydrogens is 232 g/mol. The van der Waals surface area contributed by atoms with E-state index in [1.807, 2.05) is 13.8 Å². The smallest absolute Gasteiger partial charge is 0.259 e. The van der Waals surface area contributed by atoms with E-state index in [2.05, 4.69) is 5.16 Å². The molecule has 0 aromatic carbocycles. The van der Waals surface area contributed by atoms with Gasteiger partial charge in [0.2, 0.25) is 0 Å². The Balaban J connectivity index is 3.00. The second-order valence-corrected chi connectivity index (χ2v) is 5.05. The van der Waals surface area contributed by atoms with E-state index < -0.39 is 5.60 Å². The van der Waals surface area contributed by atoms with Gasteiger partial charge in [0.1, 0.15) is 11.3 Å². The third-order valence-corrected chi connectivity index (χ3v) is 2.73. The third kappa shape index (κ3) is 3.32. The molecule has 0 spiro atoms. The van der Waals surface area contributed by atoms with Gasteiger partial charge in [0.25, 0.3) is 5.91 Å². The van der Waals surface area contributed by atoms with Gasteiger partial charge in [0, 0.05) is 13.1 Å². The van der Waals surface area contributed by atoms with Crippen molar-refractivity contribution >= 4 is 5.91 Å². The van der Waals surface area contributed by atoms with Crippen LogP contribution in [0.25, 0.3) is 0 Å². The Labute approximate surface area is 108 Å². The van der Waals surface area contributed by atoms with Crippen molar-refractivity contribution < 1.29 is 14.4 Å². The molecule has 1 heterocycles. The molecule has 0 unspecified atom stereocenters. The zero-order valence-corrected chi connectivity index (χ0v) is 11.8. The number of aryl methyl sites for hydroxylation is 2. The van der Waals surface area contributed by atoms with Crippen LogP contribution in [-0.2, 0) is 6.42 Å². The second kappa shape index (κ2) is 5.52. The van der Waals surface area contributed by atoms with Gasteiger partial charge in [-0.2, -0.15) is 0 Å². The van der Waals surface area contributed by atoms with E-state index in [1.165, 1.54) is 0 Å². The van der Waals surface area contributed by atoms with Gasteiger partial charge in [0.15, 0.2) is 0 Å². The summed E-state index contributed by atoms with van der Waals surface area (Å²) in [5, 5.41) is 13.7. The van der Waals surface area contributed by atoms with Crippen molar-refractivity contribution in [2.24, 2.45) is 0 Å². The fraction of sp³-hybridized carbons (Fsp3) is 0.692. The average molecular weight is 254 g/mol. The number of carbonyl (C=O) groups excluding carboxylic acids is 1. The Kier molecular flexibility index (Phi) is 4.51. The number of rotatable bonds is 5. The molecule has 0 atom stereocenters. The van der Waals surface area contributed by atoms with Crippen molar-refractivity contribution in [3.8, 4) is 0 Å². The molecule has 0 radical (unpaired) electrons. The van der Waals surface area contributed by atoms with Crippen LogP contribution in [0.3, 0.4) is 0 Å². The minimum Gasteiger partial charge on any atom is -0.389 e. The molecule has 0 saturated heterocycles. The summed E-state index contributed by atoms with van der Waals surface area (Å²) in [4.78, 5) is 14.0. The number of hydrogen-bond acceptors (Lipinski definition) is 4. The quantitative estimate of drug-likeness (QED) is 0.869. The zero-order chi connectivity index (χ0) is 13.9. The van der Waals surface area contributed by atoms with Crippen LogP contribution in [0, 0.1) is 6.92 Å². The first-order chi connectivity index (χ1) is 8.30. The maximum Gasteiger partial charge on any atom is 0.259 e. The lowest BCUT2D eigenvalue weighted by Crippen LogP contribution is -2.42. The monoisotopic (exact) mass is 254 g/mol. The van der Waals surface area contributed by atoms with Crippen molar-refractivity contribution in [1.82, 2.24) is 10.1 Å². The van der Waals surface area contributed by atoms with Crippen LogP contribution in [-0.4, -0.2) is 39.8 Å². The van der Waals surface area contributed by atoms with Gasteiger partial charge in [0.05, 0.1) is 11.3 Å². The highest BCUT2D eigenvalue weighted by Gasteiger charge is 2.27. The fourth-order valence-corrected chi connectivity index (χ4v) is 1.89. The van der Waals surface area contributed by atoms with Crippen LogP contribution in [0.4, 0.5) is 0 Å². The number of aromatic nitrogens is 1. The van der Waals surface area contributed by atoms with E-state index in [0.29, 0.717) is 30.0 Å². The van der Waals surface area contributed by atoms with Gasteiger partial charge in [-0.15, -0.1) is 0 Å². The molecule has 1 rings (SSSR count). The lowest BCUT2D eigenvalue weighted by molar-refractivity contribution is 0.0313. The fourth-order valence-electron chi connectivity index (χ4n) is 1.89. The predicted molar refractivity (Wildman–Crippen MR) is 68.5 cm³/mol. The van der Waals surface area contributed by atoms with Gasteiger partial charge >= 0.3 is 0 Å². The summed E-state index contributed by atoms with van der Waals surface area (Å²) < 4.78 is 5.07. The Bertz CT molecular complexity index is 418. The molecule has 0 fully saturated rings. The summed E-state index contributed by atoms with van der Waals surface area (Å²) in [6.45, 7) is 9.75. The van der Waals surface area contributed by atoms with Crippen LogP contribution in [0.5, 0.6) is 0 Å². The molecule has 0 bridgehead atoms. The number of amides is 1. The molecule has 0 saturated carbocycles. The molecule has 5 nitrogen and oxygen atoms in total. The van der Waals surface area contributed by atoms with E-state index in [1.54, 1.807) is 25.7 Å². The van der Waals surface area contributed by atoms with E-state index in [-0.39, 0.29) is 12.5 Å². The minimum absolute atomic E-state index is 0.129. The summed E-state index contributed by atoms with van der Waals surface area (Å²) in [6, 6.07) is 0. The first-order valence-electron chi connectivity index (χ1n) is 6.27. The molecule has 0 aliphatic carbocycles. The Morgan fingerprint density at radius 2 is 2.06 bits per heavy atom. The number of hydrogen-bond donors (Lipinski definition) is 1. The second-order valence-electron chi connectivity index (χ2n) is 5.05. The van der Waals surface area contributed by atoms with E-state index in [0.717, 1.165) is 0 Å². The topological polar surface area (TPSA) is 66.6 Å². The normalized spacial score (nSPS) is 11.7. The molecule has 0 aliphatic heterocycles. The highest BCUT2D eigenvalue weighted by molar-refractivity contribution is 5.96. The summed E-state index contributed by atoms with van der Waals surface area (Å²) in [6.07, 6.45) is 0.651. The largest absolute Gasteiger partial charge is 0.389 e. The van der Waals surface area contributed by atoms with E-state index in [9.17, 15) is 9.90 Å². The molecule has 1 aromatic heterocycles. The van der Waals surface area contributed by atoms with Crippen molar-refractivity contribution in [3.63, 3.8) is 0 Å². The van der Waals surface area contributed by atoms with Gasteiger partial charge < -0.3 is 14.5 Å². The summed E-state index contributed by atoms with van der Waals surface area (Å²) in [5.74, 6) is 0.404. The van der Waals surface area contributed by atoms with Gasteiger partial charge in [-0.25, -0.2) is 0 Å². The van der Waals surface area contributed by atoms with E-state index >= 15 is 0 Å². The Morgan fingerprint density at radius 1 is 1.44 bits per heavy atom. The summed E-state index contributed by atoms with van der Waals surface area (Å²) in [7, 11) is 0. The number of aliphatic hydroxyl groups is 1. The number of likely N-dealkylation sites (N-methyl/N-ethyl adjacent to an activating group) is 1. The first-order valence-corrected chi connectivity index (χ1v) is 6.27. The summed E-state index contributed by atoms with van der Waals surface area (Å²) >= 11 is 0. The molecular formula is C13H22N2O3. The van der Waals surface area contributed by atoms with Gasteiger partial charge in [-0.1, -0.05) is 12.1 Å². The Hall–Kier alpha value is -1.36. The van der Waals surface area contributed by atoms with Crippen LogP contribution in [0.1, 0.15) is 49.5 Å². The predicted octanol–water partition coefficient (Wildman–Crippen LogP) is 1.78. The molecule has 1 N–H and O–H groups in total. The standard InChI is InChI=1S/C13H22N2O3/c1-6-10-11(9(3)18-14-10)12(16)15(7-2)8-13(4,5)17/h17H,6-8H2,1-5H3. The molecule has 18 heavy (non-hydrogen) atoms. The van der Waals surface area contributed by atoms with Crippen LogP contribution >= 0.6 is 0 Å².